The summed E-state index contributed by atoms with van der Waals surface area (Å²) in [5.41, 5.74) is 1.90. The van der Waals surface area contributed by atoms with Crippen LogP contribution in [0.3, 0.4) is 0 Å². The molecule has 1 aliphatic rings. The number of likely N-dealkylation sites (tertiary alicyclic amines) is 1. The topological polar surface area (TPSA) is 41.4 Å². The molecule has 140 valence electrons. The third kappa shape index (κ3) is 4.33. The lowest BCUT2D eigenvalue weighted by atomic mass is 10.1. The molecule has 0 aliphatic carbocycles. The number of aromatic nitrogens is 2. The van der Waals surface area contributed by atoms with Crippen LogP contribution >= 0.6 is 0 Å². The molecule has 0 aromatic carbocycles. The van der Waals surface area contributed by atoms with Gasteiger partial charge in [0.15, 0.2) is 0 Å². The predicted octanol–water partition coefficient (Wildman–Crippen LogP) is 3.59. The smallest absolute Gasteiger partial charge is 0.270 e. The summed E-state index contributed by atoms with van der Waals surface area (Å²) in [5.74, 6) is 0.164. The Hall–Kier alpha value is -2.14. The van der Waals surface area contributed by atoms with Crippen molar-refractivity contribution >= 4 is 5.91 Å². The Morgan fingerprint density at radius 1 is 1.23 bits per heavy atom. The van der Waals surface area contributed by atoms with Crippen molar-refractivity contribution in [3.63, 3.8) is 0 Å². The van der Waals surface area contributed by atoms with Crippen molar-refractivity contribution in [1.82, 2.24) is 19.4 Å². The van der Waals surface area contributed by atoms with Gasteiger partial charge in [0.25, 0.3) is 5.91 Å². The lowest BCUT2D eigenvalue weighted by Gasteiger charge is -2.27. The molecule has 2 aromatic heterocycles. The highest BCUT2D eigenvalue weighted by molar-refractivity contribution is 5.92. The van der Waals surface area contributed by atoms with Crippen LogP contribution in [0, 0.1) is 0 Å². The maximum absolute atomic E-state index is 13.0. The molecule has 5 nitrogen and oxygen atoms in total. The van der Waals surface area contributed by atoms with Crippen molar-refractivity contribution in [2.45, 2.75) is 51.7 Å². The number of hydrogen-bond acceptors (Lipinski definition) is 3. The normalized spacial score (nSPS) is 18.3. The summed E-state index contributed by atoms with van der Waals surface area (Å²) in [5, 5.41) is 0. The molecule has 26 heavy (non-hydrogen) atoms. The molecule has 0 N–H and O–H groups in total. The van der Waals surface area contributed by atoms with Gasteiger partial charge in [-0.3, -0.25) is 14.7 Å². The van der Waals surface area contributed by atoms with E-state index < -0.39 is 0 Å². The highest BCUT2D eigenvalue weighted by Crippen LogP contribution is 2.20. The number of hydrogen-bond donors (Lipinski definition) is 0. The van der Waals surface area contributed by atoms with E-state index in [4.69, 9.17) is 0 Å². The molecule has 0 bridgehead atoms. The highest BCUT2D eigenvalue weighted by Gasteiger charge is 2.25. The van der Waals surface area contributed by atoms with Crippen molar-refractivity contribution in [3.8, 4) is 0 Å². The second kappa shape index (κ2) is 8.49. The van der Waals surface area contributed by atoms with E-state index in [1.807, 2.05) is 41.6 Å². The van der Waals surface area contributed by atoms with Crippen LogP contribution in [-0.2, 0) is 6.54 Å². The van der Waals surface area contributed by atoms with Crippen molar-refractivity contribution < 1.29 is 4.79 Å². The van der Waals surface area contributed by atoms with E-state index in [0.717, 1.165) is 50.3 Å². The lowest BCUT2D eigenvalue weighted by Crippen LogP contribution is -2.35. The largest absolute Gasteiger partial charge is 0.341 e. The van der Waals surface area contributed by atoms with Crippen LogP contribution in [0.5, 0.6) is 0 Å². The third-order valence-electron chi connectivity index (χ3n) is 5.30. The molecule has 2 aromatic rings. The summed E-state index contributed by atoms with van der Waals surface area (Å²) in [4.78, 5) is 21.8. The first-order valence-corrected chi connectivity index (χ1v) is 9.62. The number of nitrogens with zero attached hydrogens (tertiary/aromatic N) is 4. The van der Waals surface area contributed by atoms with Gasteiger partial charge in [-0.2, -0.15) is 0 Å². The minimum atomic E-state index is 0.164. The van der Waals surface area contributed by atoms with Crippen LogP contribution in [0.1, 0.15) is 55.3 Å². The molecule has 3 heterocycles. The zero-order valence-electron chi connectivity index (χ0n) is 16.1. The molecule has 1 amide bonds. The Morgan fingerprint density at radius 3 is 2.81 bits per heavy atom. The summed E-state index contributed by atoms with van der Waals surface area (Å²) in [6, 6.07) is 10.8. The van der Waals surface area contributed by atoms with Crippen molar-refractivity contribution in [1.29, 1.82) is 0 Å². The average Bonchev–Trinajstić information content (AvgIpc) is 3.00. The van der Waals surface area contributed by atoms with Gasteiger partial charge in [-0.25, -0.2) is 0 Å². The zero-order valence-corrected chi connectivity index (χ0v) is 16.1. The predicted molar refractivity (Wildman–Crippen MR) is 104 cm³/mol. The Labute approximate surface area is 156 Å². The Bertz CT molecular complexity index is 710. The van der Waals surface area contributed by atoms with E-state index in [1.165, 1.54) is 0 Å². The summed E-state index contributed by atoms with van der Waals surface area (Å²) >= 11 is 0. The monoisotopic (exact) mass is 354 g/mol. The third-order valence-corrected chi connectivity index (χ3v) is 5.30. The molecule has 1 aliphatic heterocycles. The summed E-state index contributed by atoms with van der Waals surface area (Å²) in [7, 11) is 2.17. The summed E-state index contributed by atoms with van der Waals surface area (Å²) in [6.07, 6.45) is 7.03. The van der Waals surface area contributed by atoms with E-state index in [-0.39, 0.29) is 5.91 Å². The van der Waals surface area contributed by atoms with E-state index in [1.54, 1.807) is 0 Å². The first kappa shape index (κ1) is 18.6. The van der Waals surface area contributed by atoms with Gasteiger partial charge >= 0.3 is 0 Å². The summed E-state index contributed by atoms with van der Waals surface area (Å²) in [6.45, 7) is 6.74. The van der Waals surface area contributed by atoms with Crippen molar-refractivity contribution in [2.24, 2.45) is 0 Å². The minimum Gasteiger partial charge on any atom is -0.341 e. The molecular formula is C21H30N4O. The van der Waals surface area contributed by atoms with E-state index in [9.17, 15) is 4.79 Å². The molecule has 1 fully saturated rings. The maximum atomic E-state index is 13.0. The van der Waals surface area contributed by atoms with Crippen LogP contribution in [0.4, 0.5) is 0 Å². The quantitative estimate of drug-likeness (QED) is 0.824. The molecule has 0 radical (unpaired) electrons. The SMILES string of the molecule is CC(C)n1cccc1C(=O)N1CCCC(N(C)Cc2ccccn2)CC1. The Balaban J connectivity index is 1.61. The highest BCUT2D eigenvalue weighted by atomic mass is 16.2. The standard InChI is InChI=1S/C21H30N4O/c1-17(2)25-14-7-10-20(25)21(26)24-13-6-9-19(11-15-24)23(3)16-18-8-4-5-12-22-18/h4-5,7-8,10,12,14,17,19H,6,9,11,13,15-16H2,1-3H3. The van der Waals surface area contributed by atoms with E-state index in [2.05, 4.69) is 41.4 Å². The van der Waals surface area contributed by atoms with E-state index in [0.29, 0.717) is 12.1 Å². The van der Waals surface area contributed by atoms with Gasteiger partial charge in [0.05, 0.1) is 5.69 Å². The molecule has 0 saturated carbocycles. The molecule has 1 unspecified atom stereocenters. The van der Waals surface area contributed by atoms with Gasteiger partial charge in [-0.05, 0) is 64.4 Å². The van der Waals surface area contributed by atoms with Gasteiger partial charge in [-0.15, -0.1) is 0 Å². The molecule has 5 heteroatoms. The van der Waals surface area contributed by atoms with Gasteiger partial charge in [0.1, 0.15) is 5.69 Å². The number of rotatable bonds is 5. The van der Waals surface area contributed by atoms with Gasteiger partial charge in [-0.1, -0.05) is 6.07 Å². The second-order valence-electron chi connectivity index (χ2n) is 7.51. The van der Waals surface area contributed by atoms with Gasteiger partial charge < -0.3 is 9.47 Å². The number of pyridine rings is 1. The molecule has 3 rings (SSSR count). The maximum Gasteiger partial charge on any atom is 0.270 e. The van der Waals surface area contributed by atoms with Crippen molar-refractivity contribution in [3.05, 3.63) is 54.1 Å². The Morgan fingerprint density at radius 2 is 2.08 bits per heavy atom. The fourth-order valence-corrected chi connectivity index (χ4v) is 3.79. The molecule has 0 spiro atoms. The second-order valence-corrected chi connectivity index (χ2v) is 7.51. The average molecular weight is 354 g/mol. The first-order valence-electron chi connectivity index (χ1n) is 9.62. The zero-order chi connectivity index (χ0) is 18.5. The van der Waals surface area contributed by atoms with Crippen LogP contribution in [0.15, 0.2) is 42.7 Å². The molecular weight excluding hydrogens is 324 g/mol. The van der Waals surface area contributed by atoms with Crippen LogP contribution in [-0.4, -0.2) is 51.4 Å². The lowest BCUT2D eigenvalue weighted by molar-refractivity contribution is 0.0745. The van der Waals surface area contributed by atoms with Crippen LogP contribution < -0.4 is 0 Å². The summed E-state index contributed by atoms with van der Waals surface area (Å²) < 4.78 is 2.07. The Kier molecular flexibility index (Phi) is 6.09. The molecule has 1 saturated heterocycles. The molecule has 1 atom stereocenters. The fraction of sp³-hybridized carbons (Fsp3) is 0.524. The van der Waals surface area contributed by atoms with Crippen molar-refractivity contribution in [2.75, 3.05) is 20.1 Å². The van der Waals surface area contributed by atoms with Crippen LogP contribution in [0.2, 0.25) is 0 Å². The van der Waals surface area contributed by atoms with Gasteiger partial charge in [0, 0.05) is 44.1 Å². The van der Waals surface area contributed by atoms with Crippen LogP contribution in [0.25, 0.3) is 0 Å². The van der Waals surface area contributed by atoms with Gasteiger partial charge in [0.2, 0.25) is 0 Å². The number of carbonyl (C=O) groups excluding carboxylic acids is 1. The minimum absolute atomic E-state index is 0.164. The van der Waals surface area contributed by atoms with E-state index >= 15 is 0 Å². The first-order chi connectivity index (χ1) is 12.6. The number of amides is 1. The fourth-order valence-electron chi connectivity index (χ4n) is 3.79. The number of carbonyl (C=O) groups is 1.